The van der Waals surface area contributed by atoms with Crippen LogP contribution in [-0.4, -0.2) is 16.2 Å². The van der Waals surface area contributed by atoms with Crippen LogP contribution in [0.5, 0.6) is 0 Å². The monoisotopic (exact) mass is 258 g/mol. The Balaban J connectivity index is 2.26. The maximum absolute atomic E-state index is 10.6. The molecule has 0 amide bonds. The van der Waals surface area contributed by atoms with E-state index in [1.165, 1.54) is 23.5 Å². The quantitative estimate of drug-likeness (QED) is 0.888. The van der Waals surface area contributed by atoms with E-state index < -0.39 is 12.1 Å². The van der Waals surface area contributed by atoms with Gasteiger partial charge in [-0.25, -0.2) is 4.79 Å². The summed E-state index contributed by atoms with van der Waals surface area (Å²) in [6, 6.07) is 6.06. The predicted octanol–water partition coefficient (Wildman–Crippen LogP) is 2.77. The summed E-state index contributed by atoms with van der Waals surface area (Å²) in [7, 11) is 0. The van der Waals surface area contributed by atoms with Gasteiger partial charge in [0.25, 0.3) is 0 Å². The molecule has 6 heteroatoms. The van der Waals surface area contributed by atoms with Gasteiger partial charge in [0.15, 0.2) is 0 Å². The lowest BCUT2D eigenvalue weighted by molar-refractivity contribution is 0.0655. The van der Waals surface area contributed by atoms with Crippen LogP contribution in [0.4, 0.5) is 0 Å². The normalized spacial score (nSPS) is 12.6. The summed E-state index contributed by atoms with van der Waals surface area (Å²) in [5.41, 5.74) is 0. The standard InChI is InChI=1S/C10H7ClO4S/c11-8-4-3-7(16-8)9(12)5-1-2-6(15-5)10(13)14/h1-4,9,12H,(H,13,14). The number of hydrogen-bond donors (Lipinski definition) is 2. The van der Waals surface area contributed by atoms with Gasteiger partial charge in [0.05, 0.1) is 4.34 Å². The topological polar surface area (TPSA) is 70.7 Å². The zero-order chi connectivity index (χ0) is 11.7. The number of aromatic carboxylic acids is 1. The number of hydrogen-bond acceptors (Lipinski definition) is 4. The molecule has 2 rings (SSSR count). The van der Waals surface area contributed by atoms with Crippen molar-refractivity contribution in [2.45, 2.75) is 6.10 Å². The van der Waals surface area contributed by atoms with E-state index in [9.17, 15) is 9.90 Å². The molecule has 0 fully saturated rings. The van der Waals surface area contributed by atoms with Crippen LogP contribution in [0, 0.1) is 0 Å². The highest BCUT2D eigenvalue weighted by Gasteiger charge is 2.18. The zero-order valence-corrected chi connectivity index (χ0v) is 9.46. The molecule has 2 aromatic rings. The van der Waals surface area contributed by atoms with E-state index in [-0.39, 0.29) is 11.5 Å². The molecule has 4 nitrogen and oxygen atoms in total. The second-order valence-corrected chi connectivity index (χ2v) is 4.80. The van der Waals surface area contributed by atoms with Gasteiger partial charge in [-0.15, -0.1) is 11.3 Å². The fourth-order valence-electron chi connectivity index (χ4n) is 1.23. The Hall–Kier alpha value is -1.30. The summed E-state index contributed by atoms with van der Waals surface area (Å²) in [5.74, 6) is -1.17. The van der Waals surface area contributed by atoms with Crippen LogP contribution in [0.15, 0.2) is 28.7 Å². The van der Waals surface area contributed by atoms with E-state index in [1.54, 1.807) is 12.1 Å². The number of halogens is 1. The van der Waals surface area contributed by atoms with Gasteiger partial charge in [0.1, 0.15) is 11.9 Å². The number of thiophene rings is 1. The molecule has 16 heavy (non-hydrogen) atoms. The van der Waals surface area contributed by atoms with Gasteiger partial charge in [-0.05, 0) is 24.3 Å². The summed E-state index contributed by atoms with van der Waals surface area (Å²) >= 11 is 6.95. The van der Waals surface area contributed by atoms with Gasteiger partial charge < -0.3 is 14.6 Å². The molecule has 0 saturated carbocycles. The van der Waals surface area contributed by atoms with Crippen molar-refractivity contribution in [3.63, 3.8) is 0 Å². The van der Waals surface area contributed by atoms with Gasteiger partial charge in [-0.2, -0.15) is 0 Å². The molecule has 2 N–H and O–H groups in total. The van der Waals surface area contributed by atoms with Crippen molar-refractivity contribution in [2.75, 3.05) is 0 Å². The number of carboxylic acids is 1. The third-order valence-electron chi connectivity index (χ3n) is 1.97. The third kappa shape index (κ3) is 2.11. The van der Waals surface area contributed by atoms with Gasteiger partial charge in [0, 0.05) is 4.88 Å². The SMILES string of the molecule is O=C(O)c1ccc(C(O)c2ccc(Cl)s2)o1. The summed E-state index contributed by atoms with van der Waals surface area (Å²) in [6.45, 7) is 0. The van der Waals surface area contributed by atoms with Crippen molar-refractivity contribution in [1.29, 1.82) is 0 Å². The van der Waals surface area contributed by atoms with E-state index in [2.05, 4.69) is 0 Å². The van der Waals surface area contributed by atoms with Crippen molar-refractivity contribution in [3.05, 3.63) is 45.0 Å². The highest BCUT2D eigenvalue weighted by molar-refractivity contribution is 7.16. The molecule has 0 aliphatic rings. The van der Waals surface area contributed by atoms with Crippen molar-refractivity contribution < 1.29 is 19.4 Å². The lowest BCUT2D eigenvalue weighted by Crippen LogP contribution is -1.96. The number of aliphatic hydroxyl groups excluding tert-OH is 1. The van der Waals surface area contributed by atoms with E-state index >= 15 is 0 Å². The van der Waals surface area contributed by atoms with Crippen molar-refractivity contribution >= 4 is 28.9 Å². The molecular formula is C10H7ClO4S. The lowest BCUT2D eigenvalue weighted by atomic mass is 10.2. The number of rotatable bonds is 3. The number of carbonyl (C=O) groups is 1. The average Bonchev–Trinajstić information content (AvgIpc) is 2.84. The van der Waals surface area contributed by atoms with Crippen molar-refractivity contribution in [1.82, 2.24) is 0 Å². The first kappa shape index (κ1) is 11.2. The smallest absolute Gasteiger partial charge is 0.371 e. The first-order chi connectivity index (χ1) is 7.58. The number of aliphatic hydroxyl groups is 1. The molecule has 2 heterocycles. The minimum atomic E-state index is -1.16. The lowest BCUT2D eigenvalue weighted by Gasteiger charge is -2.03. The molecule has 0 aromatic carbocycles. The zero-order valence-electron chi connectivity index (χ0n) is 7.88. The second-order valence-electron chi connectivity index (χ2n) is 3.05. The van der Waals surface area contributed by atoms with E-state index in [4.69, 9.17) is 21.1 Å². The second kappa shape index (κ2) is 4.29. The van der Waals surface area contributed by atoms with Crippen LogP contribution in [0.2, 0.25) is 4.34 Å². The van der Waals surface area contributed by atoms with Crippen LogP contribution in [0.25, 0.3) is 0 Å². The highest BCUT2D eigenvalue weighted by Crippen LogP contribution is 2.31. The first-order valence-corrected chi connectivity index (χ1v) is 5.53. The predicted molar refractivity (Wildman–Crippen MR) is 59.1 cm³/mol. The summed E-state index contributed by atoms with van der Waals surface area (Å²) < 4.78 is 5.54. The van der Waals surface area contributed by atoms with Crippen LogP contribution < -0.4 is 0 Å². The molecule has 1 unspecified atom stereocenters. The molecule has 0 aliphatic carbocycles. The minimum Gasteiger partial charge on any atom is -0.475 e. The fraction of sp³-hybridized carbons (Fsp3) is 0.100. The van der Waals surface area contributed by atoms with Crippen LogP contribution in [-0.2, 0) is 0 Å². The van der Waals surface area contributed by atoms with E-state index in [1.807, 2.05) is 0 Å². The Labute approximate surface area is 99.7 Å². The van der Waals surface area contributed by atoms with Crippen LogP contribution in [0.1, 0.15) is 27.3 Å². The molecule has 0 bridgehead atoms. The van der Waals surface area contributed by atoms with Gasteiger partial charge in [-0.1, -0.05) is 11.6 Å². The Morgan fingerprint density at radius 1 is 1.38 bits per heavy atom. The molecule has 0 radical (unpaired) electrons. The molecule has 0 aliphatic heterocycles. The molecule has 2 aromatic heterocycles. The highest BCUT2D eigenvalue weighted by atomic mass is 35.5. The summed E-state index contributed by atoms with van der Waals surface area (Å²) in [4.78, 5) is 11.2. The van der Waals surface area contributed by atoms with Crippen LogP contribution >= 0.6 is 22.9 Å². The van der Waals surface area contributed by atoms with Crippen LogP contribution in [0.3, 0.4) is 0 Å². The fourth-order valence-corrected chi connectivity index (χ4v) is 2.29. The maximum atomic E-state index is 10.6. The van der Waals surface area contributed by atoms with Gasteiger partial charge in [0.2, 0.25) is 5.76 Å². The Morgan fingerprint density at radius 2 is 2.12 bits per heavy atom. The van der Waals surface area contributed by atoms with E-state index in [0.717, 1.165) is 0 Å². The third-order valence-corrected chi connectivity index (χ3v) is 3.25. The number of furan rings is 1. The molecular weight excluding hydrogens is 252 g/mol. The maximum Gasteiger partial charge on any atom is 0.371 e. The van der Waals surface area contributed by atoms with Crippen molar-refractivity contribution in [3.8, 4) is 0 Å². The summed E-state index contributed by atoms with van der Waals surface area (Å²) in [6.07, 6.45) is -0.981. The summed E-state index contributed by atoms with van der Waals surface area (Å²) in [5, 5.41) is 18.5. The van der Waals surface area contributed by atoms with E-state index in [0.29, 0.717) is 9.21 Å². The molecule has 1 atom stereocenters. The van der Waals surface area contributed by atoms with Gasteiger partial charge >= 0.3 is 5.97 Å². The molecule has 84 valence electrons. The molecule has 0 saturated heterocycles. The molecule has 0 spiro atoms. The van der Waals surface area contributed by atoms with Crippen molar-refractivity contribution in [2.24, 2.45) is 0 Å². The minimum absolute atomic E-state index is 0.191. The Bertz CT molecular complexity index is 516. The first-order valence-electron chi connectivity index (χ1n) is 4.34. The Kier molecular flexibility index (Phi) is 3.00. The largest absolute Gasteiger partial charge is 0.475 e. The average molecular weight is 259 g/mol. The van der Waals surface area contributed by atoms with Gasteiger partial charge in [-0.3, -0.25) is 0 Å². The number of carboxylic acid groups (broad SMARTS) is 1. The Morgan fingerprint density at radius 3 is 2.62 bits per heavy atom.